The molecule has 0 aliphatic heterocycles. The van der Waals surface area contributed by atoms with Crippen LogP contribution in [0.4, 0.5) is 5.69 Å². The summed E-state index contributed by atoms with van der Waals surface area (Å²) in [7, 11) is -2.61. The van der Waals surface area contributed by atoms with Gasteiger partial charge in [-0.25, -0.2) is 8.42 Å². The molecule has 0 bridgehead atoms. The van der Waals surface area contributed by atoms with Gasteiger partial charge >= 0.3 is 5.97 Å². The highest BCUT2D eigenvalue weighted by Crippen LogP contribution is 2.49. The fraction of sp³-hybridized carbons (Fsp3) is 0.391. The van der Waals surface area contributed by atoms with Crippen LogP contribution in [0.3, 0.4) is 0 Å². The van der Waals surface area contributed by atoms with Crippen molar-refractivity contribution < 1.29 is 27.5 Å². The van der Waals surface area contributed by atoms with Crippen molar-refractivity contribution in [2.75, 3.05) is 32.1 Å². The molecule has 0 radical (unpaired) electrons. The van der Waals surface area contributed by atoms with Crippen molar-refractivity contribution in [3.8, 4) is 5.75 Å². The van der Waals surface area contributed by atoms with E-state index >= 15 is 0 Å². The fourth-order valence-electron chi connectivity index (χ4n) is 3.46. The van der Waals surface area contributed by atoms with Crippen LogP contribution in [-0.2, 0) is 29.8 Å². The third kappa shape index (κ3) is 5.48. The molecular formula is C23H27ClN2O6S. The Morgan fingerprint density at radius 1 is 1.09 bits per heavy atom. The number of carbonyl (C=O) groups is 2. The molecular weight excluding hydrogens is 468 g/mol. The van der Waals surface area contributed by atoms with E-state index in [0.717, 1.165) is 22.7 Å². The molecule has 33 heavy (non-hydrogen) atoms. The van der Waals surface area contributed by atoms with Gasteiger partial charge in [0, 0.05) is 12.7 Å². The van der Waals surface area contributed by atoms with Gasteiger partial charge in [0.1, 0.15) is 5.75 Å². The van der Waals surface area contributed by atoms with E-state index in [2.05, 4.69) is 5.32 Å². The topological polar surface area (TPSA) is 102 Å². The molecule has 3 rings (SSSR count). The molecule has 0 aromatic heterocycles. The molecule has 1 amide bonds. The van der Waals surface area contributed by atoms with Crippen molar-refractivity contribution in [1.29, 1.82) is 0 Å². The Balaban J connectivity index is 1.63. The van der Waals surface area contributed by atoms with Gasteiger partial charge in [0.15, 0.2) is 0 Å². The van der Waals surface area contributed by atoms with Crippen LogP contribution in [0, 0.1) is 0 Å². The number of halogens is 1. The monoisotopic (exact) mass is 494 g/mol. The van der Waals surface area contributed by atoms with E-state index in [1.54, 1.807) is 38.1 Å². The second kappa shape index (κ2) is 10.1. The fourth-order valence-corrected chi connectivity index (χ4v) is 4.91. The number of amides is 1. The Morgan fingerprint density at radius 2 is 1.76 bits per heavy atom. The number of benzene rings is 2. The van der Waals surface area contributed by atoms with Crippen LogP contribution < -0.4 is 10.1 Å². The van der Waals surface area contributed by atoms with Gasteiger partial charge < -0.3 is 14.8 Å². The van der Waals surface area contributed by atoms with Crippen molar-refractivity contribution in [3.05, 3.63) is 53.1 Å². The van der Waals surface area contributed by atoms with Crippen molar-refractivity contribution in [2.24, 2.45) is 0 Å². The van der Waals surface area contributed by atoms with E-state index < -0.39 is 21.3 Å². The number of rotatable bonds is 10. The van der Waals surface area contributed by atoms with Gasteiger partial charge in [-0.05, 0) is 62.6 Å². The molecule has 2 aromatic carbocycles. The van der Waals surface area contributed by atoms with Gasteiger partial charge in [-0.15, -0.1) is 0 Å². The van der Waals surface area contributed by atoms with Crippen molar-refractivity contribution in [3.63, 3.8) is 0 Å². The second-order valence-electron chi connectivity index (χ2n) is 7.71. The van der Waals surface area contributed by atoms with E-state index in [9.17, 15) is 18.0 Å². The summed E-state index contributed by atoms with van der Waals surface area (Å²) in [5.74, 6) is -0.349. The average Bonchev–Trinajstić information content (AvgIpc) is 3.58. The predicted octanol–water partition coefficient (Wildman–Crippen LogP) is 3.59. The highest BCUT2D eigenvalue weighted by molar-refractivity contribution is 7.89. The zero-order valence-corrected chi connectivity index (χ0v) is 20.3. The number of ether oxygens (including phenoxy) is 2. The van der Waals surface area contributed by atoms with Crippen LogP contribution in [0.1, 0.15) is 32.3 Å². The molecule has 0 spiro atoms. The largest absolute Gasteiger partial charge is 0.492 e. The Labute approximate surface area is 198 Å². The van der Waals surface area contributed by atoms with Crippen LogP contribution in [-0.4, -0.2) is 51.4 Å². The second-order valence-corrected chi connectivity index (χ2v) is 10.2. The lowest BCUT2D eigenvalue weighted by Gasteiger charge is -2.18. The molecule has 1 N–H and O–H groups in total. The first-order chi connectivity index (χ1) is 15.6. The zero-order chi connectivity index (χ0) is 24.2. The lowest BCUT2D eigenvalue weighted by Crippen LogP contribution is -2.35. The standard InChI is InChI=1S/C23H27ClN2O6S/c1-4-31-20-11-10-18(14-19(20)24)33(29,30)26(3)15-21(27)25-17-8-6-16(7-9-17)23(12-13-23)22(28)32-5-2/h6-11,14H,4-5,12-13,15H2,1-3H3,(H,25,27). The molecule has 10 heteroatoms. The number of sulfonamides is 1. The minimum Gasteiger partial charge on any atom is -0.492 e. The van der Waals surface area contributed by atoms with E-state index in [-0.39, 0.29) is 22.4 Å². The molecule has 0 saturated heterocycles. The smallest absolute Gasteiger partial charge is 0.316 e. The maximum Gasteiger partial charge on any atom is 0.316 e. The Morgan fingerprint density at radius 3 is 2.30 bits per heavy atom. The van der Waals surface area contributed by atoms with Crippen LogP contribution in [0.2, 0.25) is 5.02 Å². The van der Waals surface area contributed by atoms with Gasteiger partial charge in [-0.1, -0.05) is 23.7 Å². The summed E-state index contributed by atoms with van der Waals surface area (Å²) in [6.45, 7) is 3.91. The highest BCUT2D eigenvalue weighted by atomic mass is 35.5. The van der Waals surface area contributed by atoms with Crippen LogP contribution >= 0.6 is 11.6 Å². The molecule has 2 aromatic rings. The minimum atomic E-state index is -3.93. The number of nitrogens with one attached hydrogen (secondary N) is 1. The van der Waals surface area contributed by atoms with Gasteiger partial charge in [-0.2, -0.15) is 4.31 Å². The first-order valence-electron chi connectivity index (χ1n) is 10.6. The van der Waals surface area contributed by atoms with E-state index in [0.29, 0.717) is 24.7 Å². The third-order valence-corrected chi connectivity index (χ3v) is 7.51. The quantitative estimate of drug-likeness (QED) is 0.506. The summed E-state index contributed by atoms with van der Waals surface area (Å²) < 4.78 is 37.1. The molecule has 1 fully saturated rings. The van der Waals surface area contributed by atoms with Crippen LogP contribution in [0.25, 0.3) is 0 Å². The summed E-state index contributed by atoms with van der Waals surface area (Å²) in [5.41, 5.74) is 0.746. The number of carbonyl (C=O) groups excluding carboxylic acids is 2. The normalized spacial score (nSPS) is 14.6. The molecule has 178 valence electrons. The number of anilines is 1. The number of esters is 1. The van der Waals surface area contributed by atoms with Crippen molar-refractivity contribution in [2.45, 2.75) is 37.0 Å². The number of likely N-dealkylation sites (N-methyl/N-ethyl adjacent to an activating group) is 1. The minimum absolute atomic E-state index is 0.0377. The number of nitrogens with zero attached hydrogens (tertiary/aromatic N) is 1. The first-order valence-corrected chi connectivity index (χ1v) is 12.4. The average molecular weight is 495 g/mol. The van der Waals surface area contributed by atoms with E-state index in [1.807, 2.05) is 0 Å². The SMILES string of the molecule is CCOC(=O)C1(c2ccc(NC(=O)CN(C)S(=O)(=O)c3ccc(OCC)c(Cl)c3)cc2)CC1. The lowest BCUT2D eigenvalue weighted by atomic mass is 9.96. The van der Waals surface area contributed by atoms with E-state index in [1.165, 1.54) is 25.2 Å². The molecule has 0 unspecified atom stereocenters. The van der Waals surface area contributed by atoms with Gasteiger partial charge in [0.25, 0.3) is 0 Å². The Hall–Kier alpha value is -2.62. The molecule has 1 aliphatic carbocycles. The van der Waals surface area contributed by atoms with Crippen molar-refractivity contribution in [1.82, 2.24) is 4.31 Å². The summed E-state index contributed by atoms with van der Waals surface area (Å²) in [6.07, 6.45) is 1.46. The highest BCUT2D eigenvalue weighted by Gasteiger charge is 2.52. The molecule has 1 aliphatic rings. The van der Waals surface area contributed by atoms with E-state index in [4.69, 9.17) is 21.1 Å². The predicted molar refractivity (Wildman–Crippen MR) is 125 cm³/mol. The molecule has 0 heterocycles. The van der Waals surface area contributed by atoms with Gasteiger partial charge in [0.05, 0.1) is 35.1 Å². The summed E-state index contributed by atoms with van der Waals surface area (Å²) in [6, 6.07) is 11.1. The molecule has 0 atom stereocenters. The van der Waals surface area contributed by atoms with Crippen molar-refractivity contribution >= 4 is 39.2 Å². The number of hydrogen-bond donors (Lipinski definition) is 1. The van der Waals surface area contributed by atoms with Gasteiger partial charge in [0.2, 0.25) is 15.9 Å². The first kappa shape index (κ1) is 25.0. The van der Waals surface area contributed by atoms with Crippen LogP contribution in [0.5, 0.6) is 5.75 Å². The number of hydrogen-bond acceptors (Lipinski definition) is 6. The maximum atomic E-state index is 12.8. The molecule has 1 saturated carbocycles. The van der Waals surface area contributed by atoms with Gasteiger partial charge in [-0.3, -0.25) is 9.59 Å². The molecule has 8 nitrogen and oxygen atoms in total. The summed E-state index contributed by atoms with van der Waals surface area (Å²) >= 11 is 6.10. The Kier molecular flexibility index (Phi) is 7.66. The zero-order valence-electron chi connectivity index (χ0n) is 18.8. The summed E-state index contributed by atoms with van der Waals surface area (Å²) in [4.78, 5) is 24.6. The Bertz CT molecular complexity index is 1130. The van der Waals surface area contributed by atoms with Crippen LogP contribution in [0.15, 0.2) is 47.4 Å². The maximum absolute atomic E-state index is 12.8. The third-order valence-electron chi connectivity index (χ3n) is 5.42. The lowest BCUT2D eigenvalue weighted by molar-refractivity contribution is -0.146. The summed E-state index contributed by atoms with van der Waals surface area (Å²) in [5, 5.41) is 2.85.